The molecule has 1 rings (SSSR count). The number of alkyl halides is 10. The molecule has 0 aromatic heterocycles. The van der Waals surface area contributed by atoms with Gasteiger partial charge in [-0.05, 0) is 13.3 Å². The Morgan fingerprint density at radius 2 is 1.05 bits per heavy atom. The maximum atomic E-state index is 14.1. The third-order valence-corrected chi connectivity index (χ3v) is 3.84. The Balaban J connectivity index is 3.66. The summed E-state index contributed by atoms with van der Waals surface area (Å²) in [7, 11) is 0. The number of halogens is 10. The Morgan fingerprint density at radius 3 is 1.43 bits per heavy atom. The van der Waals surface area contributed by atoms with Crippen LogP contribution < -0.4 is 0 Å². The summed E-state index contributed by atoms with van der Waals surface area (Å²) in [5.41, 5.74) is -10.9. The Labute approximate surface area is 113 Å². The van der Waals surface area contributed by atoms with Crippen molar-refractivity contribution in [2.24, 2.45) is 0 Å². The van der Waals surface area contributed by atoms with Gasteiger partial charge >= 0.3 is 23.7 Å². The summed E-state index contributed by atoms with van der Waals surface area (Å²) in [5, 5.41) is 0. The molecule has 0 bridgehead atoms. The molecule has 1 fully saturated rings. The molecule has 10 heteroatoms. The molecular weight excluding hydrogens is 322 g/mol. The van der Waals surface area contributed by atoms with E-state index in [2.05, 4.69) is 0 Å². The van der Waals surface area contributed by atoms with Gasteiger partial charge in [0.2, 0.25) is 11.3 Å². The van der Waals surface area contributed by atoms with Crippen molar-refractivity contribution in [2.75, 3.05) is 0 Å². The van der Waals surface area contributed by atoms with Gasteiger partial charge in [0.15, 0.2) is 0 Å². The smallest absolute Gasteiger partial charge is 0.230 e. The quantitative estimate of drug-likeness (QED) is 0.625. The summed E-state index contributed by atoms with van der Waals surface area (Å²) in [4.78, 5) is 0. The maximum absolute atomic E-state index is 14.1. The molecule has 1 saturated carbocycles. The maximum Gasteiger partial charge on any atom is 0.379 e. The fraction of sp³-hybridized carbons (Fsp3) is 1.00. The highest BCUT2D eigenvalue weighted by molar-refractivity contribution is 5.28. The predicted octanol–water partition coefficient (Wildman–Crippen LogP) is 5.17. The van der Waals surface area contributed by atoms with Crippen molar-refractivity contribution in [3.05, 3.63) is 0 Å². The van der Waals surface area contributed by atoms with Crippen LogP contribution in [0, 0.1) is 0 Å². The van der Waals surface area contributed by atoms with E-state index in [1.165, 1.54) is 6.92 Å². The summed E-state index contributed by atoms with van der Waals surface area (Å²) >= 11 is 0. The fourth-order valence-electron chi connectivity index (χ4n) is 2.24. The third kappa shape index (κ3) is 1.70. The van der Waals surface area contributed by atoms with Crippen molar-refractivity contribution < 1.29 is 43.9 Å². The van der Waals surface area contributed by atoms with E-state index in [1.807, 2.05) is 0 Å². The van der Waals surface area contributed by atoms with E-state index in [-0.39, 0.29) is 6.42 Å². The van der Waals surface area contributed by atoms with Gasteiger partial charge in [0.05, 0.1) is 0 Å². The van der Waals surface area contributed by atoms with Crippen LogP contribution in [-0.2, 0) is 0 Å². The second-order valence-corrected chi connectivity index (χ2v) is 5.21. The average molecular weight is 334 g/mol. The molecule has 0 N–H and O–H groups in total. The van der Waals surface area contributed by atoms with E-state index in [1.54, 1.807) is 0 Å². The van der Waals surface area contributed by atoms with E-state index in [0.29, 0.717) is 0 Å². The summed E-state index contributed by atoms with van der Waals surface area (Å²) in [6, 6.07) is 0. The van der Waals surface area contributed by atoms with Gasteiger partial charge in [-0.2, -0.15) is 35.1 Å². The van der Waals surface area contributed by atoms with Crippen molar-refractivity contribution in [2.45, 2.75) is 68.1 Å². The van der Waals surface area contributed by atoms with E-state index in [0.717, 1.165) is 0 Å². The van der Waals surface area contributed by atoms with Crippen molar-refractivity contribution in [3.8, 4) is 0 Å². The van der Waals surface area contributed by atoms with Gasteiger partial charge in [-0.25, -0.2) is 8.78 Å². The van der Waals surface area contributed by atoms with Crippen LogP contribution in [0.4, 0.5) is 43.9 Å². The second-order valence-electron chi connectivity index (χ2n) is 5.21. The number of hydrogen-bond acceptors (Lipinski definition) is 0. The van der Waals surface area contributed by atoms with Crippen LogP contribution in [-0.4, -0.2) is 35.0 Å². The number of rotatable bonds is 3. The normalized spacial score (nSPS) is 40.0. The van der Waals surface area contributed by atoms with Crippen molar-refractivity contribution in [1.29, 1.82) is 0 Å². The molecule has 1 aliphatic carbocycles. The lowest BCUT2D eigenvalue weighted by Crippen LogP contribution is -2.84. The molecule has 1 aliphatic rings. The zero-order chi connectivity index (χ0) is 17.1. The molecule has 0 radical (unpaired) electrons. The summed E-state index contributed by atoms with van der Waals surface area (Å²) < 4.78 is 135. The minimum Gasteiger partial charge on any atom is -0.230 e. The van der Waals surface area contributed by atoms with Gasteiger partial charge in [-0.1, -0.05) is 19.8 Å². The van der Waals surface area contributed by atoms with Crippen LogP contribution in [0.1, 0.15) is 33.1 Å². The summed E-state index contributed by atoms with van der Waals surface area (Å²) in [5.74, 6) is -25.5. The summed E-state index contributed by atoms with van der Waals surface area (Å²) in [6.45, 7) is 0.542. The zero-order valence-electron chi connectivity index (χ0n) is 10.9. The molecule has 0 nitrogen and oxygen atoms in total. The lowest BCUT2D eigenvalue weighted by molar-refractivity contribution is -0.459. The minimum absolute atomic E-state index is 0.164. The third-order valence-electron chi connectivity index (χ3n) is 3.84. The van der Waals surface area contributed by atoms with Crippen molar-refractivity contribution >= 4 is 0 Å². The molecule has 0 aliphatic heterocycles. The van der Waals surface area contributed by atoms with Crippen LogP contribution in [0.5, 0.6) is 0 Å². The highest BCUT2D eigenvalue weighted by Gasteiger charge is 2.98. The lowest BCUT2D eigenvalue weighted by Gasteiger charge is -2.54. The van der Waals surface area contributed by atoms with E-state index in [4.69, 9.17) is 0 Å². The highest BCUT2D eigenvalue weighted by atomic mass is 19.4. The Hall–Kier alpha value is -0.700. The molecule has 0 aromatic carbocycles. The van der Waals surface area contributed by atoms with E-state index < -0.39 is 54.8 Å². The molecule has 126 valence electrons. The molecule has 2 atom stereocenters. The monoisotopic (exact) mass is 334 g/mol. The lowest BCUT2D eigenvalue weighted by atomic mass is 9.66. The topological polar surface area (TPSA) is 0 Å². The average Bonchev–Trinajstić information content (AvgIpc) is 2.33. The van der Waals surface area contributed by atoms with Crippen LogP contribution in [0.25, 0.3) is 0 Å². The van der Waals surface area contributed by atoms with Gasteiger partial charge in [-0.3, -0.25) is 0 Å². The first-order valence-corrected chi connectivity index (χ1v) is 5.95. The Morgan fingerprint density at radius 1 is 0.619 bits per heavy atom. The number of unbranched alkanes of at least 4 members (excludes halogenated alkanes) is 1. The molecule has 0 aromatic rings. The fourth-order valence-corrected chi connectivity index (χ4v) is 2.24. The van der Waals surface area contributed by atoms with Gasteiger partial charge in [0.1, 0.15) is 0 Å². The molecule has 0 spiro atoms. The molecule has 0 saturated heterocycles. The first-order valence-electron chi connectivity index (χ1n) is 5.95. The van der Waals surface area contributed by atoms with Gasteiger partial charge in [0, 0.05) is 0 Å². The summed E-state index contributed by atoms with van der Waals surface area (Å²) in [6.07, 6.45) is -2.78. The van der Waals surface area contributed by atoms with Crippen LogP contribution >= 0.6 is 0 Å². The van der Waals surface area contributed by atoms with Crippen LogP contribution in [0.3, 0.4) is 0 Å². The molecule has 21 heavy (non-hydrogen) atoms. The standard InChI is InChI=1S/C11H12F10/c1-3-4-5-7(13)8(14,15)6(2,12)9(16,17)11(20,21)10(7,18)19/h3-5H2,1-2H3. The second kappa shape index (κ2) is 4.41. The van der Waals surface area contributed by atoms with Crippen LogP contribution in [0.2, 0.25) is 0 Å². The van der Waals surface area contributed by atoms with Gasteiger partial charge in [-0.15, -0.1) is 0 Å². The van der Waals surface area contributed by atoms with E-state index >= 15 is 0 Å². The van der Waals surface area contributed by atoms with Crippen LogP contribution in [0.15, 0.2) is 0 Å². The minimum atomic E-state index is -6.60. The highest BCUT2D eigenvalue weighted by Crippen LogP contribution is 2.69. The van der Waals surface area contributed by atoms with Gasteiger partial charge < -0.3 is 0 Å². The predicted molar refractivity (Wildman–Crippen MR) is 52.7 cm³/mol. The Kier molecular flexibility index (Phi) is 3.85. The Bertz CT molecular complexity index is 381. The molecule has 0 amide bonds. The largest absolute Gasteiger partial charge is 0.379 e. The SMILES string of the molecule is CCCCC1(F)C(F)(F)C(C)(F)C(F)(F)C(F)(F)C1(F)F. The molecule has 0 heterocycles. The first kappa shape index (κ1) is 18.3. The van der Waals surface area contributed by atoms with Crippen molar-refractivity contribution in [3.63, 3.8) is 0 Å². The molecule has 2 unspecified atom stereocenters. The first-order chi connectivity index (χ1) is 9.06. The van der Waals surface area contributed by atoms with Gasteiger partial charge in [0.25, 0.3) is 0 Å². The van der Waals surface area contributed by atoms with E-state index in [9.17, 15) is 43.9 Å². The molecular formula is C11H12F10. The zero-order valence-corrected chi connectivity index (χ0v) is 10.9. The number of hydrogen-bond donors (Lipinski definition) is 0. The van der Waals surface area contributed by atoms with Crippen molar-refractivity contribution in [1.82, 2.24) is 0 Å².